The number of fused-ring (bicyclic) bond motifs is 1. The summed E-state index contributed by atoms with van der Waals surface area (Å²) in [6.45, 7) is 3.17. The molecule has 3 aromatic rings. The van der Waals surface area contributed by atoms with Gasteiger partial charge in [-0.1, -0.05) is 13.0 Å². The molecule has 2 N–H and O–H groups in total. The average Bonchev–Trinajstić information content (AvgIpc) is 3.25. The molecule has 1 fully saturated rings. The van der Waals surface area contributed by atoms with E-state index in [1.165, 1.54) is 17.0 Å². The van der Waals surface area contributed by atoms with Crippen LogP contribution in [0.1, 0.15) is 46.6 Å². The average molecular weight is 426 g/mol. The van der Waals surface area contributed by atoms with Crippen LogP contribution in [0.5, 0.6) is 0 Å². The zero-order valence-corrected chi connectivity index (χ0v) is 17.6. The molecule has 0 saturated carbocycles. The number of nitrogens with two attached hydrogens (primary N) is 1. The van der Waals surface area contributed by atoms with Gasteiger partial charge in [0.15, 0.2) is 0 Å². The fraction of sp³-hybridized carbons (Fsp3) is 0.348. The van der Waals surface area contributed by atoms with Crippen LogP contribution in [0.4, 0.5) is 4.39 Å². The molecule has 5 nitrogen and oxygen atoms in total. The topological polar surface area (TPSA) is 76.3 Å². The van der Waals surface area contributed by atoms with E-state index in [9.17, 15) is 14.0 Å². The molecule has 0 radical (unpaired) electrons. The number of carbonyl (C=O) groups excluding carboxylic acids is 2. The Morgan fingerprint density at radius 2 is 2.17 bits per heavy atom. The van der Waals surface area contributed by atoms with Gasteiger partial charge in [0, 0.05) is 35.2 Å². The Bertz CT molecular complexity index is 1080. The second kappa shape index (κ2) is 8.52. The number of amides is 2. The molecule has 2 amide bonds. The van der Waals surface area contributed by atoms with E-state index in [0.717, 1.165) is 19.3 Å². The molecule has 2 atom stereocenters. The van der Waals surface area contributed by atoms with Crippen molar-refractivity contribution < 1.29 is 14.0 Å². The number of likely N-dealkylation sites (tertiary alicyclic amines) is 1. The van der Waals surface area contributed by atoms with E-state index in [0.29, 0.717) is 35.2 Å². The third-order valence-corrected chi connectivity index (χ3v) is 6.60. The monoisotopic (exact) mass is 425 g/mol. The maximum atomic E-state index is 13.6. The summed E-state index contributed by atoms with van der Waals surface area (Å²) in [7, 11) is 0. The third kappa shape index (κ3) is 4.21. The van der Waals surface area contributed by atoms with Crippen LogP contribution in [0.15, 0.2) is 41.8 Å². The largest absolute Gasteiger partial charge is 0.366 e. The van der Waals surface area contributed by atoms with Crippen molar-refractivity contribution in [2.24, 2.45) is 11.7 Å². The Labute approximate surface area is 178 Å². The van der Waals surface area contributed by atoms with Gasteiger partial charge < -0.3 is 10.6 Å². The second-order valence-electron chi connectivity index (χ2n) is 7.93. The van der Waals surface area contributed by atoms with E-state index in [2.05, 4.69) is 11.1 Å². The summed E-state index contributed by atoms with van der Waals surface area (Å²) in [5, 5.41) is 2.56. The highest BCUT2D eigenvalue weighted by atomic mass is 32.1. The summed E-state index contributed by atoms with van der Waals surface area (Å²) >= 11 is 1.66. The number of carbonyl (C=O) groups is 2. The number of aromatic nitrogens is 1. The molecule has 4 rings (SSSR count). The van der Waals surface area contributed by atoms with E-state index in [4.69, 9.17) is 5.73 Å². The molecule has 0 bridgehead atoms. The first-order chi connectivity index (χ1) is 14.4. The molecule has 1 saturated heterocycles. The standard InChI is InChI=1S/C23H24FN3O2S/c1-14(10-18-5-3-9-30-18)23(29)27-8-2-4-15(13-27)21-19(22(25)28)12-16-11-17(24)6-7-20(16)26-21/h3,5-7,9,11-12,14-15H,2,4,8,10,13H2,1H3,(H2,25,28). The van der Waals surface area contributed by atoms with E-state index in [1.54, 1.807) is 23.5 Å². The number of nitrogens with zero attached hydrogens (tertiary/aromatic N) is 2. The van der Waals surface area contributed by atoms with Crippen LogP contribution in [0.3, 0.4) is 0 Å². The van der Waals surface area contributed by atoms with E-state index in [-0.39, 0.29) is 23.6 Å². The van der Waals surface area contributed by atoms with Gasteiger partial charge in [0.05, 0.1) is 16.8 Å². The number of piperidine rings is 1. The van der Waals surface area contributed by atoms with Crippen molar-refractivity contribution in [2.75, 3.05) is 13.1 Å². The zero-order chi connectivity index (χ0) is 21.3. The highest BCUT2D eigenvalue weighted by Gasteiger charge is 2.30. The zero-order valence-electron chi connectivity index (χ0n) is 16.8. The molecule has 2 unspecified atom stereocenters. The number of primary amides is 1. The van der Waals surface area contributed by atoms with Crippen LogP contribution in [-0.4, -0.2) is 34.8 Å². The number of thiophene rings is 1. The Morgan fingerprint density at radius 1 is 1.33 bits per heavy atom. The number of hydrogen-bond acceptors (Lipinski definition) is 4. The van der Waals surface area contributed by atoms with Crippen LogP contribution < -0.4 is 5.73 Å². The molecule has 1 aliphatic rings. The van der Waals surface area contributed by atoms with Gasteiger partial charge in [-0.2, -0.15) is 0 Å². The van der Waals surface area contributed by atoms with Gasteiger partial charge in [0.2, 0.25) is 5.91 Å². The lowest BCUT2D eigenvalue weighted by molar-refractivity contribution is -0.136. The summed E-state index contributed by atoms with van der Waals surface area (Å²) in [4.78, 5) is 32.9. The quantitative estimate of drug-likeness (QED) is 0.668. The number of benzene rings is 1. The highest BCUT2D eigenvalue weighted by Crippen LogP contribution is 2.31. The molecule has 2 aromatic heterocycles. The van der Waals surface area contributed by atoms with Crippen LogP contribution in [0.25, 0.3) is 10.9 Å². The molecule has 156 valence electrons. The first kappa shape index (κ1) is 20.5. The van der Waals surface area contributed by atoms with Gasteiger partial charge in [-0.15, -0.1) is 11.3 Å². The van der Waals surface area contributed by atoms with Crippen molar-refractivity contribution in [3.05, 3.63) is 63.7 Å². The molecule has 1 aromatic carbocycles. The normalized spacial score (nSPS) is 17.8. The van der Waals surface area contributed by atoms with Gasteiger partial charge in [-0.25, -0.2) is 4.39 Å². The number of hydrogen-bond donors (Lipinski definition) is 1. The van der Waals surface area contributed by atoms with Gasteiger partial charge in [0.25, 0.3) is 5.91 Å². The predicted octanol–water partition coefficient (Wildman–Crippen LogP) is 4.12. The highest BCUT2D eigenvalue weighted by molar-refractivity contribution is 7.09. The van der Waals surface area contributed by atoms with Gasteiger partial charge in [-0.3, -0.25) is 14.6 Å². The summed E-state index contributed by atoms with van der Waals surface area (Å²) in [5.74, 6) is -1.03. The number of pyridine rings is 1. The first-order valence-electron chi connectivity index (χ1n) is 10.1. The predicted molar refractivity (Wildman–Crippen MR) is 116 cm³/mol. The van der Waals surface area contributed by atoms with Gasteiger partial charge in [0.1, 0.15) is 5.82 Å². The van der Waals surface area contributed by atoms with Crippen molar-refractivity contribution in [3.63, 3.8) is 0 Å². The first-order valence-corrected chi connectivity index (χ1v) is 11.0. The van der Waals surface area contributed by atoms with E-state index < -0.39 is 5.91 Å². The second-order valence-corrected chi connectivity index (χ2v) is 8.96. The van der Waals surface area contributed by atoms with Gasteiger partial charge in [-0.05, 0) is 55.0 Å². The lowest BCUT2D eigenvalue weighted by atomic mass is 9.89. The molecule has 0 spiro atoms. The van der Waals surface area contributed by atoms with Crippen molar-refractivity contribution in [3.8, 4) is 0 Å². The molecule has 0 aliphatic carbocycles. The minimum Gasteiger partial charge on any atom is -0.366 e. The summed E-state index contributed by atoms with van der Waals surface area (Å²) in [5.41, 5.74) is 7.14. The molecule has 7 heteroatoms. The van der Waals surface area contributed by atoms with Crippen molar-refractivity contribution >= 4 is 34.1 Å². The fourth-order valence-electron chi connectivity index (χ4n) is 4.20. The Hall–Kier alpha value is -2.80. The summed E-state index contributed by atoms with van der Waals surface area (Å²) in [6.07, 6.45) is 2.39. The maximum absolute atomic E-state index is 13.6. The Morgan fingerprint density at radius 3 is 2.90 bits per heavy atom. The maximum Gasteiger partial charge on any atom is 0.250 e. The molecule has 3 heterocycles. The third-order valence-electron chi connectivity index (χ3n) is 5.70. The smallest absolute Gasteiger partial charge is 0.250 e. The number of halogens is 1. The van der Waals surface area contributed by atoms with Crippen molar-refractivity contribution in [1.82, 2.24) is 9.88 Å². The SMILES string of the molecule is CC(Cc1cccs1)C(=O)N1CCCC(c2nc3ccc(F)cc3cc2C(N)=O)C1. The van der Waals surface area contributed by atoms with Gasteiger partial charge >= 0.3 is 0 Å². The lowest BCUT2D eigenvalue weighted by Gasteiger charge is -2.34. The summed E-state index contributed by atoms with van der Waals surface area (Å²) in [6, 6.07) is 9.97. The van der Waals surface area contributed by atoms with Crippen molar-refractivity contribution in [2.45, 2.75) is 32.1 Å². The van der Waals surface area contributed by atoms with Crippen LogP contribution in [0, 0.1) is 11.7 Å². The van der Waals surface area contributed by atoms with Crippen molar-refractivity contribution in [1.29, 1.82) is 0 Å². The summed E-state index contributed by atoms with van der Waals surface area (Å²) < 4.78 is 13.6. The Balaban J connectivity index is 1.58. The molecule has 1 aliphatic heterocycles. The van der Waals surface area contributed by atoms with Crippen LogP contribution in [-0.2, 0) is 11.2 Å². The molecule has 30 heavy (non-hydrogen) atoms. The lowest BCUT2D eigenvalue weighted by Crippen LogP contribution is -2.42. The Kier molecular flexibility index (Phi) is 5.81. The minimum absolute atomic E-state index is 0.0754. The molecular formula is C23H24FN3O2S. The fourth-order valence-corrected chi connectivity index (χ4v) is 5.04. The van der Waals surface area contributed by atoms with E-state index >= 15 is 0 Å². The van der Waals surface area contributed by atoms with Crippen LogP contribution in [0.2, 0.25) is 0 Å². The number of rotatable bonds is 5. The minimum atomic E-state index is -0.585. The van der Waals surface area contributed by atoms with E-state index in [1.807, 2.05) is 23.3 Å². The van der Waals surface area contributed by atoms with Crippen LogP contribution >= 0.6 is 11.3 Å². The molecular weight excluding hydrogens is 401 g/mol.